The van der Waals surface area contributed by atoms with Gasteiger partial charge in [0.2, 0.25) is 0 Å². The summed E-state index contributed by atoms with van der Waals surface area (Å²) in [7, 11) is 0. The fourth-order valence-corrected chi connectivity index (χ4v) is 5.93. The van der Waals surface area contributed by atoms with Crippen molar-refractivity contribution in [1.29, 1.82) is 0 Å². The van der Waals surface area contributed by atoms with Crippen LogP contribution >= 0.6 is 23.5 Å². The molecule has 0 spiro atoms. The molecule has 158 valence electrons. The molecule has 6 rings (SSSR count). The average molecular weight is 453 g/mol. The minimum absolute atomic E-state index is 0.0651. The molecule has 0 unspecified atom stereocenters. The highest BCUT2D eigenvalue weighted by molar-refractivity contribution is 7.98. The third-order valence-electron chi connectivity index (χ3n) is 6.41. The summed E-state index contributed by atoms with van der Waals surface area (Å²) in [6.07, 6.45) is -0.0104. The predicted octanol–water partition coefficient (Wildman–Crippen LogP) is 6.71. The lowest BCUT2D eigenvalue weighted by atomic mass is 9.63. The molecule has 8 heteroatoms. The Kier molecular flexibility index (Phi) is 4.93. The van der Waals surface area contributed by atoms with Gasteiger partial charge in [-0.3, -0.25) is 0 Å². The van der Waals surface area contributed by atoms with E-state index < -0.39 is 11.7 Å². The Bertz CT molecular complexity index is 985. The first-order valence-corrected chi connectivity index (χ1v) is 11.3. The van der Waals surface area contributed by atoms with Gasteiger partial charge in [0, 0.05) is 18.3 Å². The second-order valence-corrected chi connectivity index (χ2v) is 9.28. The molecule has 2 aromatic rings. The fraction of sp³-hybridized carbons (Fsp3) is 0.409. The van der Waals surface area contributed by atoms with E-state index in [0.29, 0.717) is 11.8 Å². The third-order valence-corrected chi connectivity index (χ3v) is 7.41. The fourth-order valence-electron chi connectivity index (χ4n) is 4.93. The van der Waals surface area contributed by atoms with Crippen molar-refractivity contribution < 1.29 is 17.9 Å². The van der Waals surface area contributed by atoms with E-state index in [9.17, 15) is 13.2 Å². The molecule has 3 aliphatic heterocycles. The van der Waals surface area contributed by atoms with Crippen LogP contribution in [0.2, 0.25) is 5.02 Å². The number of alkyl halides is 3. The number of hydrogen-bond acceptors (Lipinski definition) is 4. The zero-order chi connectivity index (χ0) is 20.9. The molecule has 1 saturated carbocycles. The zero-order valence-corrected chi connectivity index (χ0v) is 17.7. The van der Waals surface area contributed by atoms with E-state index in [-0.39, 0.29) is 16.2 Å². The van der Waals surface area contributed by atoms with Gasteiger partial charge in [0.05, 0.1) is 16.0 Å². The minimum atomic E-state index is -4.52. The highest BCUT2D eigenvalue weighted by Crippen LogP contribution is 2.50. The number of ether oxygens (including phenoxy) is 1. The maximum absolute atomic E-state index is 13.1. The van der Waals surface area contributed by atoms with Gasteiger partial charge in [-0.1, -0.05) is 23.7 Å². The Balaban J connectivity index is 1.41. The number of nitrogens with zero attached hydrogens (tertiary/aromatic N) is 2. The van der Waals surface area contributed by atoms with Crippen molar-refractivity contribution in [2.75, 3.05) is 12.3 Å². The van der Waals surface area contributed by atoms with Crippen molar-refractivity contribution >= 4 is 29.4 Å². The number of hydrogen-bond donors (Lipinski definition) is 0. The lowest BCUT2D eigenvalue weighted by Crippen LogP contribution is -2.61. The second-order valence-electron chi connectivity index (χ2n) is 8.02. The van der Waals surface area contributed by atoms with Gasteiger partial charge in [0.1, 0.15) is 17.3 Å². The molecular formula is C22H20ClF3N2OS. The second kappa shape index (κ2) is 7.38. The summed E-state index contributed by atoms with van der Waals surface area (Å²) in [5, 5.41) is -0.340. The molecule has 1 aliphatic carbocycles. The Morgan fingerprint density at radius 2 is 1.77 bits per heavy atom. The highest BCUT2D eigenvalue weighted by Gasteiger charge is 2.51. The Morgan fingerprint density at radius 3 is 2.47 bits per heavy atom. The van der Waals surface area contributed by atoms with E-state index in [1.807, 2.05) is 24.3 Å². The van der Waals surface area contributed by atoms with Crippen molar-refractivity contribution in [3.63, 3.8) is 0 Å². The Labute approximate surface area is 182 Å². The highest BCUT2D eigenvalue weighted by atomic mass is 35.5. The Morgan fingerprint density at radius 1 is 1.07 bits per heavy atom. The smallest absolute Gasteiger partial charge is 0.417 e. The Hall–Kier alpha value is -1.86. The molecule has 3 heterocycles. The lowest BCUT2D eigenvalue weighted by molar-refractivity contribution is -0.137. The van der Waals surface area contributed by atoms with Gasteiger partial charge in [0.15, 0.2) is 0 Å². The lowest BCUT2D eigenvalue weighted by Gasteiger charge is -2.55. The van der Waals surface area contributed by atoms with Gasteiger partial charge < -0.3 is 9.64 Å². The summed E-state index contributed by atoms with van der Waals surface area (Å²) >= 11 is 7.33. The first kappa shape index (κ1) is 20.1. The number of rotatable bonds is 3. The van der Waals surface area contributed by atoms with E-state index in [1.165, 1.54) is 36.4 Å². The van der Waals surface area contributed by atoms with Crippen LogP contribution in [0.1, 0.15) is 36.8 Å². The van der Waals surface area contributed by atoms with Crippen LogP contribution in [0.15, 0.2) is 46.9 Å². The SMILES string of the molecule is FC(F)(F)c1cc(Oc2ccc(C34CCC(CC3)N3CCSN=C34)cc2)ccc1Cl. The number of piperidine rings is 2. The van der Waals surface area contributed by atoms with Crippen LogP contribution in [0.3, 0.4) is 0 Å². The monoisotopic (exact) mass is 452 g/mol. The molecule has 3 nitrogen and oxygen atoms in total. The van der Waals surface area contributed by atoms with Crippen LogP contribution in [-0.4, -0.2) is 29.1 Å². The summed E-state index contributed by atoms with van der Waals surface area (Å²) in [6.45, 7) is 1.05. The summed E-state index contributed by atoms with van der Waals surface area (Å²) in [6, 6.07) is 11.9. The molecule has 3 fully saturated rings. The van der Waals surface area contributed by atoms with Gasteiger partial charge in [-0.05, 0) is 73.5 Å². The minimum Gasteiger partial charge on any atom is -0.457 e. The molecule has 0 atom stereocenters. The average Bonchev–Trinajstić information content (AvgIpc) is 2.76. The number of benzene rings is 2. The molecule has 0 radical (unpaired) electrons. The van der Waals surface area contributed by atoms with Crippen LogP contribution in [0.25, 0.3) is 0 Å². The van der Waals surface area contributed by atoms with Crippen LogP contribution in [0, 0.1) is 0 Å². The van der Waals surface area contributed by atoms with E-state index >= 15 is 0 Å². The van der Waals surface area contributed by atoms with Crippen molar-refractivity contribution in [3.8, 4) is 11.5 Å². The van der Waals surface area contributed by atoms with Crippen molar-refractivity contribution in [3.05, 3.63) is 58.6 Å². The molecule has 2 bridgehead atoms. The van der Waals surface area contributed by atoms with Gasteiger partial charge in [-0.25, -0.2) is 4.40 Å². The molecule has 2 saturated heterocycles. The van der Waals surface area contributed by atoms with Crippen LogP contribution in [0.4, 0.5) is 13.2 Å². The maximum Gasteiger partial charge on any atom is 0.417 e. The molecule has 30 heavy (non-hydrogen) atoms. The van der Waals surface area contributed by atoms with Crippen LogP contribution in [0.5, 0.6) is 11.5 Å². The van der Waals surface area contributed by atoms with E-state index in [0.717, 1.165) is 31.2 Å². The summed E-state index contributed by atoms with van der Waals surface area (Å²) < 4.78 is 49.8. The molecule has 2 aromatic carbocycles. The summed E-state index contributed by atoms with van der Waals surface area (Å²) in [4.78, 5) is 2.49. The first-order chi connectivity index (χ1) is 14.4. The van der Waals surface area contributed by atoms with Crippen molar-refractivity contribution in [2.24, 2.45) is 4.40 Å². The molecule has 0 aromatic heterocycles. The number of amidine groups is 1. The van der Waals surface area contributed by atoms with Gasteiger partial charge in [-0.15, -0.1) is 0 Å². The van der Waals surface area contributed by atoms with E-state index in [4.69, 9.17) is 20.7 Å². The molecule has 0 N–H and O–H groups in total. The zero-order valence-electron chi connectivity index (χ0n) is 16.1. The van der Waals surface area contributed by atoms with E-state index in [1.54, 1.807) is 11.9 Å². The maximum atomic E-state index is 13.1. The standard InChI is InChI=1S/C22H20ClF3N2OS/c23-19-6-5-17(13-18(19)22(24,25)26)29-16-3-1-14(2-4-16)21-9-7-15(8-10-21)28-11-12-30-27-20(21)28/h1-6,13,15H,7-12H2. The number of halogens is 4. The molecule has 0 amide bonds. The largest absolute Gasteiger partial charge is 0.457 e. The van der Waals surface area contributed by atoms with Gasteiger partial charge in [-0.2, -0.15) is 13.2 Å². The first-order valence-electron chi connectivity index (χ1n) is 9.99. The van der Waals surface area contributed by atoms with E-state index in [2.05, 4.69) is 4.90 Å². The summed E-state index contributed by atoms with van der Waals surface area (Å²) in [5.41, 5.74) is 0.236. The molecular weight excluding hydrogens is 433 g/mol. The summed E-state index contributed by atoms with van der Waals surface area (Å²) in [5.74, 6) is 2.83. The van der Waals surface area contributed by atoms with Crippen molar-refractivity contribution in [2.45, 2.75) is 43.3 Å². The predicted molar refractivity (Wildman–Crippen MR) is 114 cm³/mol. The van der Waals surface area contributed by atoms with Gasteiger partial charge >= 0.3 is 6.18 Å². The van der Waals surface area contributed by atoms with Gasteiger partial charge in [0.25, 0.3) is 0 Å². The van der Waals surface area contributed by atoms with Crippen LogP contribution in [-0.2, 0) is 11.6 Å². The number of fused-ring (bicyclic) bond motifs is 2. The van der Waals surface area contributed by atoms with Crippen molar-refractivity contribution in [1.82, 2.24) is 4.90 Å². The normalized spacial score (nSPS) is 25.7. The topological polar surface area (TPSA) is 24.8 Å². The van der Waals surface area contributed by atoms with Crippen LogP contribution < -0.4 is 4.74 Å². The molecule has 4 aliphatic rings. The third kappa shape index (κ3) is 3.36. The quantitative estimate of drug-likeness (QED) is 0.484.